The number of anilines is 1. The Kier molecular flexibility index (Phi) is 4.66. The van der Waals surface area contributed by atoms with Crippen LogP contribution >= 0.6 is 0 Å². The van der Waals surface area contributed by atoms with E-state index in [0.29, 0.717) is 30.8 Å². The number of hydrogen-bond acceptors (Lipinski definition) is 3. The molecule has 1 aliphatic heterocycles. The van der Waals surface area contributed by atoms with Crippen molar-refractivity contribution < 1.29 is 9.18 Å². The molecule has 0 fully saturated rings. The second-order valence-corrected chi connectivity index (χ2v) is 6.37. The van der Waals surface area contributed by atoms with Gasteiger partial charge in [-0.25, -0.2) is 4.39 Å². The van der Waals surface area contributed by atoms with Crippen LogP contribution in [0, 0.1) is 5.82 Å². The topological polar surface area (TPSA) is 59.0 Å². The van der Waals surface area contributed by atoms with Crippen molar-refractivity contribution in [1.29, 1.82) is 0 Å². The first kappa shape index (κ1) is 16.6. The van der Waals surface area contributed by atoms with Gasteiger partial charge in [0.1, 0.15) is 11.5 Å². The monoisotopic (exact) mass is 330 g/mol. The van der Waals surface area contributed by atoms with Gasteiger partial charge in [-0.2, -0.15) is 5.10 Å². The molecule has 6 heteroatoms. The quantitative estimate of drug-likeness (QED) is 0.906. The number of nitrogens with zero attached hydrogens (tertiary/aromatic N) is 2. The number of aryl methyl sites for hydroxylation is 1. The van der Waals surface area contributed by atoms with Crippen LogP contribution in [0.2, 0.25) is 0 Å². The maximum Gasteiger partial charge on any atom is 0.274 e. The zero-order valence-corrected chi connectivity index (χ0v) is 14.3. The number of carbonyl (C=O) groups is 1. The van der Waals surface area contributed by atoms with E-state index in [4.69, 9.17) is 0 Å². The second kappa shape index (κ2) is 6.73. The van der Waals surface area contributed by atoms with E-state index >= 15 is 0 Å². The van der Waals surface area contributed by atoms with Crippen molar-refractivity contribution in [2.45, 2.75) is 46.2 Å². The lowest BCUT2D eigenvalue weighted by molar-refractivity contribution is 0.101. The van der Waals surface area contributed by atoms with Gasteiger partial charge in [-0.3, -0.25) is 9.48 Å². The SMILES string of the molecule is CCn1nc(C(C)C)cc1C(=O)Nc1ccc2c(c1F)CCNC2. The number of fused-ring (bicyclic) bond motifs is 1. The Hall–Kier alpha value is -2.21. The smallest absolute Gasteiger partial charge is 0.274 e. The van der Waals surface area contributed by atoms with E-state index < -0.39 is 0 Å². The largest absolute Gasteiger partial charge is 0.318 e. The predicted molar refractivity (Wildman–Crippen MR) is 91.8 cm³/mol. The van der Waals surface area contributed by atoms with Crippen LogP contribution in [0.25, 0.3) is 0 Å². The molecule has 0 radical (unpaired) electrons. The highest BCUT2D eigenvalue weighted by Gasteiger charge is 2.20. The molecular formula is C18H23FN4O. The lowest BCUT2D eigenvalue weighted by Crippen LogP contribution is -2.25. The lowest BCUT2D eigenvalue weighted by atomic mass is 9.99. The van der Waals surface area contributed by atoms with Crippen LogP contribution in [0.5, 0.6) is 0 Å². The summed E-state index contributed by atoms with van der Waals surface area (Å²) in [6.07, 6.45) is 0.634. The number of amides is 1. The second-order valence-electron chi connectivity index (χ2n) is 6.37. The van der Waals surface area contributed by atoms with Gasteiger partial charge in [-0.05, 0) is 49.1 Å². The van der Waals surface area contributed by atoms with E-state index in [2.05, 4.69) is 15.7 Å². The average Bonchev–Trinajstić information content (AvgIpc) is 3.02. The fourth-order valence-corrected chi connectivity index (χ4v) is 2.96. The average molecular weight is 330 g/mol. The van der Waals surface area contributed by atoms with Crippen molar-refractivity contribution in [1.82, 2.24) is 15.1 Å². The van der Waals surface area contributed by atoms with Gasteiger partial charge in [0, 0.05) is 13.1 Å². The number of hydrogen-bond donors (Lipinski definition) is 2. The lowest BCUT2D eigenvalue weighted by Gasteiger charge is -2.19. The van der Waals surface area contributed by atoms with Crippen LogP contribution in [-0.4, -0.2) is 22.2 Å². The third-order valence-corrected chi connectivity index (χ3v) is 4.38. The summed E-state index contributed by atoms with van der Waals surface area (Å²) in [5.41, 5.74) is 3.20. The summed E-state index contributed by atoms with van der Waals surface area (Å²) in [7, 11) is 0. The minimum atomic E-state index is -0.330. The molecule has 0 bridgehead atoms. The Morgan fingerprint density at radius 1 is 1.46 bits per heavy atom. The molecule has 0 aliphatic carbocycles. The molecule has 2 heterocycles. The zero-order valence-electron chi connectivity index (χ0n) is 14.3. The van der Waals surface area contributed by atoms with Gasteiger partial charge in [0.15, 0.2) is 0 Å². The number of carbonyl (C=O) groups excluding carboxylic acids is 1. The van der Waals surface area contributed by atoms with Gasteiger partial charge in [0.2, 0.25) is 0 Å². The standard InChI is InChI=1S/C18H23FN4O/c1-4-23-16(9-15(22-23)11(2)3)18(24)21-14-6-5-12-10-20-8-7-13(12)17(14)19/h5-6,9,11,20H,4,7-8,10H2,1-3H3,(H,21,24). The molecule has 1 aliphatic rings. The molecule has 0 spiro atoms. The first-order valence-corrected chi connectivity index (χ1v) is 8.41. The molecule has 24 heavy (non-hydrogen) atoms. The summed E-state index contributed by atoms with van der Waals surface area (Å²) >= 11 is 0. The number of aromatic nitrogens is 2. The molecule has 1 amide bonds. The molecule has 2 N–H and O–H groups in total. The van der Waals surface area contributed by atoms with Crippen LogP contribution in [0.15, 0.2) is 18.2 Å². The van der Waals surface area contributed by atoms with Crippen molar-refractivity contribution in [2.24, 2.45) is 0 Å². The molecule has 5 nitrogen and oxygen atoms in total. The Morgan fingerprint density at radius 3 is 2.96 bits per heavy atom. The van der Waals surface area contributed by atoms with Gasteiger partial charge in [0.25, 0.3) is 5.91 Å². The van der Waals surface area contributed by atoms with Crippen molar-refractivity contribution in [3.05, 3.63) is 46.5 Å². The van der Waals surface area contributed by atoms with Crippen molar-refractivity contribution in [3.63, 3.8) is 0 Å². The van der Waals surface area contributed by atoms with E-state index in [-0.39, 0.29) is 23.3 Å². The molecular weight excluding hydrogens is 307 g/mol. The number of rotatable bonds is 4. The van der Waals surface area contributed by atoms with Crippen LogP contribution in [0.4, 0.5) is 10.1 Å². The summed E-state index contributed by atoms with van der Waals surface area (Å²) in [6.45, 7) is 8.00. The van der Waals surface area contributed by atoms with Crippen LogP contribution in [0.1, 0.15) is 54.0 Å². The molecule has 128 valence electrons. The van der Waals surface area contributed by atoms with E-state index in [1.54, 1.807) is 16.8 Å². The summed E-state index contributed by atoms with van der Waals surface area (Å²) in [6, 6.07) is 5.29. The van der Waals surface area contributed by atoms with Gasteiger partial charge >= 0.3 is 0 Å². The van der Waals surface area contributed by atoms with Gasteiger partial charge < -0.3 is 10.6 Å². The summed E-state index contributed by atoms with van der Waals surface area (Å²) in [5.74, 6) is -0.421. The van der Waals surface area contributed by atoms with Crippen molar-refractivity contribution in [3.8, 4) is 0 Å². The highest BCUT2D eigenvalue weighted by Crippen LogP contribution is 2.25. The Labute approximate surface area is 141 Å². The first-order valence-electron chi connectivity index (χ1n) is 8.41. The minimum absolute atomic E-state index is 0.232. The Balaban J connectivity index is 1.88. The molecule has 0 unspecified atom stereocenters. The molecule has 0 atom stereocenters. The minimum Gasteiger partial charge on any atom is -0.318 e. The summed E-state index contributed by atoms with van der Waals surface area (Å²) < 4.78 is 16.3. The molecule has 1 aromatic heterocycles. The van der Waals surface area contributed by atoms with Crippen LogP contribution in [-0.2, 0) is 19.5 Å². The van der Waals surface area contributed by atoms with Crippen molar-refractivity contribution >= 4 is 11.6 Å². The predicted octanol–water partition coefficient (Wildman–Crippen LogP) is 3.06. The normalized spacial score (nSPS) is 13.9. The molecule has 3 rings (SSSR count). The van der Waals surface area contributed by atoms with Crippen molar-refractivity contribution in [2.75, 3.05) is 11.9 Å². The molecule has 1 aromatic carbocycles. The summed E-state index contributed by atoms with van der Waals surface area (Å²) in [4.78, 5) is 12.6. The Bertz CT molecular complexity index is 767. The van der Waals surface area contributed by atoms with E-state index in [1.807, 2.05) is 26.8 Å². The van der Waals surface area contributed by atoms with Gasteiger partial charge in [-0.15, -0.1) is 0 Å². The number of nitrogens with one attached hydrogen (secondary N) is 2. The first-order chi connectivity index (χ1) is 11.5. The molecule has 2 aromatic rings. The maximum absolute atomic E-state index is 14.7. The van der Waals surface area contributed by atoms with Gasteiger partial charge in [0.05, 0.1) is 11.4 Å². The number of benzene rings is 1. The Morgan fingerprint density at radius 2 is 2.25 bits per heavy atom. The third kappa shape index (κ3) is 3.06. The fraction of sp³-hybridized carbons (Fsp3) is 0.444. The van der Waals surface area contributed by atoms with E-state index in [1.165, 1.54) is 0 Å². The fourth-order valence-electron chi connectivity index (χ4n) is 2.96. The highest BCUT2D eigenvalue weighted by molar-refractivity contribution is 6.03. The molecule has 0 saturated heterocycles. The number of halogens is 1. The van der Waals surface area contributed by atoms with Crippen LogP contribution < -0.4 is 10.6 Å². The zero-order chi connectivity index (χ0) is 17.3. The third-order valence-electron chi connectivity index (χ3n) is 4.38. The molecule has 0 saturated carbocycles. The maximum atomic E-state index is 14.7. The summed E-state index contributed by atoms with van der Waals surface area (Å²) in [5, 5.41) is 10.4. The highest BCUT2D eigenvalue weighted by atomic mass is 19.1. The van der Waals surface area contributed by atoms with Crippen LogP contribution in [0.3, 0.4) is 0 Å². The van der Waals surface area contributed by atoms with Gasteiger partial charge in [-0.1, -0.05) is 19.9 Å². The van der Waals surface area contributed by atoms with E-state index in [9.17, 15) is 9.18 Å². The van der Waals surface area contributed by atoms with E-state index in [0.717, 1.165) is 17.8 Å².